The van der Waals surface area contributed by atoms with Crippen molar-refractivity contribution in [3.8, 4) is 11.1 Å². The van der Waals surface area contributed by atoms with E-state index in [2.05, 4.69) is 107 Å². The van der Waals surface area contributed by atoms with E-state index >= 15 is 0 Å². The molecule has 0 N–H and O–H groups in total. The Morgan fingerprint density at radius 3 is 2.34 bits per heavy atom. The molecular weight excluding hydrogens is 428 g/mol. The molecule has 1 unspecified atom stereocenters. The molecule has 3 aromatic rings. The molecule has 0 aromatic heterocycles. The Balaban J connectivity index is 1.81. The van der Waals surface area contributed by atoms with E-state index in [1.54, 1.807) is 14.4 Å². The van der Waals surface area contributed by atoms with E-state index in [4.69, 9.17) is 0 Å². The molecule has 0 fully saturated rings. The molecule has 29 heavy (non-hydrogen) atoms. The van der Waals surface area contributed by atoms with Gasteiger partial charge in [-0.15, -0.1) is 0 Å². The Bertz CT molecular complexity index is 1170. The SMILES string of the molecule is CC=C(C)C(C)=[C](C)[Zr][CH]1C(C)=Cc2c(-c3cccc4ccccc34)cccc21. The van der Waals surface area contributed by atoms with Crippen molar-refractivity contribution in [2.75, 3.05) is 0 Å². The van der Waals surface area contributed by atoms with Crippen molar-refractivity contribution in [3.05, 3.63) is 97.9 Å². The minimum absolute atomic E-state index is 0.642. The van der Waals surface area contributed by atoms with Gasteiger partial charge in [0.05, 0.1) is 0 Å². The van der Waals surface area contributed by atoms with Crippen molar-refractivity contribution in [2.24, 2.45) is 0 Å². The zero-order chi connectivity index (χ0) is 20.5. The van der Waals surface area contributed by atoms with Crippen LogP contribution < -0.4 is 0 Å². The molecule has 0 heterocycles. The fourth-order valence-electron chi connectivity index (χ4n) is 4.28. The summed E-state index contributed by atoms with van der Waals surface area (Å²) >= 11 is -0.746. The van der Waals surface area contributed by atoms with Gasteiger partial charge in [-0.1, -0.05) is 0 Å². The van der Waals surface area contributed by atoms with Crippen molar-refractivity contribution >= 4 is 16.8 Å². The van der Waals surface area contributed by atoms with Crippen LogP contribution in [-0.2, 0) is 23.2 Å². The average molecular weight is 456 g/mol. The van der Waals surface area contributed by atoms with Gasteiger partial charge in [0.1, 0.15) is 0 Å². The monoisotopic (exact) mass is 454 g/mol. The van der Waals surface area contributed by atoms with Crippen molar-refractivity contribution in [2.45, 2.75) is 38.2 Å². The molecule has 0 saturated heterocycles. The summed E-state index contributed by atoms with van der Waals surface area (Å²) in [5.41, 5.74) is 10.2. The predicted molar refractivity (Wildman–Crippen MR) is 124 cm³/mol. The zero-order valence-corrected chi connectivity index (χ0v) is 20.5. The second-order valence-electron chi connectivity index (χ2n) is 8.02. The molecule has 0 aliphatic heterocycles. The molecule has 0 saturated carbocycles. The molecule has 4 rings (SSSR count). The maximum atomic E-state index is 2.46. The molecule has 0 amide bonds. The van der Waals surface area contributed by atoms with Gasteiger partial charge >= 0.3 is 187 Å². The Morgan fingerprint density at radius 1 is 0.862 bits per heavy atom. The summed E-state index contributed by atoms with van der Waals surface area (Å²) in [7, 11) is 0. The van der Waals surface area contributed by atoms with E-state index in [-0.39, 0.29) is 0 Å². The van der Waals surface area contributed by atoms with Crippen LogP contribution in [-0.4, -0.2) is 0 Å². The summed E-state index contributed by atoms with van der Waals surface area (Å²) in [6.07, 6.45) is 4.70. The van der Waals surface area contributed by atoms with Crippen LogP contribution in [0.2, 0.25) is 0 Å². The van der Waals surface area contributed by atoms with Crippen LogP contribution >= 0.6 is 0 Å². The zero-order valence-electron chi connectivity index (χ0n) is 18.0. The molecule has 3 aromatic carbocycles. The third-order valence-corrected chi connectivity index (χ3v) is 10.9. The molecule has 0 nitrogen and oxygen atoms in total. The molecule has 0 spiro atoms. The third kappa shape index (κ3) is 3.78. The van der Waals surface area contributed by atoms with E-state index in [1.165, 1.54) is 38.6 Å². The Kier molecular flexibility index (Phi) is 5.89. The number of allylic oxidation sites excluding steroid dienone is 5. The van der Waals surface area contributed by atoms with Gasteiger partial charge in [0.25, 0.3) is 0 Å². The first-order valence-electron chi connectivity index (χ1n) is 10.4. The molecule has 1 atom stereocenters. The molecule has 144 valence electrons. The molecule has 1 aliphatic rings. The maximum absolute atomic E-state index is 2.46. The van der Waals surface area contributed by atoms with Gasteiger partial charge in [-0.25, -0.2) is 0 Å². The number of hydrogen-bond acceptors (Lipinski definition) is 0. The van der Waals surface area contributed by atoms with Crippen LogP contribution in [0.25, 0.3) is 28.0 Å². The molecule has 0 radical (unpaired) electrons. The molecule has 1 heteroatoms. The van der Waals surface area contributed by atoms with E-state index in [0.717, 1.165) is 0 Å². The first-order chi connectivity index (χ1) is 14.0. The van der Waals surface area contributed by atoms with Gasteiger partial charge in [0.15, 0.2) is 0 Å². The fraction of sp³-hybridized carbons (Fsp3) is 0.214. The summed E-state index contributed by atoms with van der Waals surface area (Å²) in [6.45, 7) is 11.4. The average Bonchev–Trinajstić information content (AvgIpc) is 3.07. The van der Waals surface area contributed by atoms with Gasteiger partial charge in [-0.3, -0.25) is 0 Å². The number of fused-ring (bicyclic) bond motifs is 2. The Labute approximate surface area is 186 Å². The first-order valence-corrected chi connectivity index (χ1v) is 13.0. The quantitative estimate of drug-likeness (QED) is 0.347. The summed E-state index contributed by atoms with van der Waals surface area (Å²) < 4.78 is 2.30. The van der Waals surface area contributed by atoms with Gasteiger partial charge in [0.2, 0.25) is 0 Å². The van der Waals surface area contributed by atoms with Crippen molar-refractivity contribution in [1.29, 1.82) is 0 Å². The summed E-state index contributed by atoms with van der Waals surface area (Å²) in [5, 5.41) is 2.65. The van der Waals surface area contributed by atoms with Crippen LogP contribution in [0.3, 0.4) is 0 Å². The van der Waals surface area contributed by atoms with Crippen molar-refractivity contribution in [3.63, 3.8) is 0 Å². The first kappa shape index (κ1) is 20.3. The van der Waals surface area contributed by atoms with E-state index in [0.29, 0.717) is 3.63 Å². The second-order valence-corrected chi connectivity index (χ2v) is 12.0. The van der Waals surface area contributed by atoms with Crippen LogP contribution in [0, 0.1) is 0 Å². The van der Waals surface area contributed by atoms with Gasteiger partial charge in [0, 0.05) is 0 Å². The topological polar surface area (TPSA) is 0 Å². The predicted octanol–water partition coefficient (Wildman–Crippen LogP) is 8.31. The van der Waals surface area contributed by atoms with Crippen molar-refractivity contribution < 1.29 is 23.2 Å². The van der Waals surface area contributed by atoms with Crippen LogP contribution in [0.15, 0.2) is 86.7 Å². The van der Waals surface area contributed by atoms with Gasteiger partial charge in [-0.05, 0) is 0 Å². The standard InChI is InChI=1S/C20H15.C8H13.Zr/c1-14-12-16-8-5-11-19(20(16)13-14)18-10-4-7-15-6-2-3-9-17(15)18;1-5-7(3)8(4)6-2;/h2-13H,1H3;5H,1-4H3;. The molecule has 1 aliphatic carbocycles. The molecular formula is C28H28Zr. The third-order valence-electron chi connectivity index (χ3n) is 6.31. The Morgan fingerprint density at radius 2 is 1.55 bits per heavy atom. The normalized spacial score (nSPS) is 17.1. The molecule has 0 bridgehead atoms. The summed E-state index contributed by atoms with van der Waals surface area (Å²) in [5.74, 6) is 0. The summed E-state index contributed by atoms with van der Waals surface area (Å²) in [4.78, 5) is 0. The number of hydrogen-bond donors (Lipinski definition) is 0. The second kappa shape index (κ2) is 8.41. The fourth-order valence-corrected chi connectivity index (χ4v) is 8.12. The van der Waals surface area contributed by atoms with Gasteiger partial charge < -0.3 is 0 Å². The van der Waals surface area contributed by atoms with E-state index in [9.17, 15) is 0 Å². The van der Waals surface area contributed by atoms with E-state index in [1.807, 2.05) is 0 Å². The number of benzene rings is 3. The van der Waals surface area contributed by atoms with Crippen LogP contribution in [0.1, 0.15) is 49.4 Å². The van der Waals surface area contributed by atoms with Gasteiger partial charge in [-0.2, -0.15) is 0 Å². The Hall–Kier alpha value is -1.98. The number of rotatable bonds is 4. The van der Waals surface area contributed by atoms with Crippen molar-refractivity contribution in [1.82, 2.24) is 0 Å². The van der Waals surface area contributed by atoms with Crippen LogP contribution in [0.5, 0.6) is 0 Å². The van der Waals surface area contributed by atoms with Crippen LogP contribution in [0.4, 0.5) is 0 Å². The minimum atomic E-state index is -0.746. The van der Waals surface area contributed by atoms with E-state index < -0.39 is 23.2 Å². The summed E-state index contributed by atoms with van der Waals surface area (Å²) in [6, 6.07) is 22.3.